The van der Waals surface area contributed by atoms with Crippen LogP contribution in [-0.2, 0) is 19.6 Å². The van der Waals surface area contributed by atoms with Gasteiger partial charge in [0.05, 0.1) is 24.8 Å². The molecule has 0 aromatic heterocycles. The minimum absolute atomic E-state index is 0.0926. The van der Waals surface area contributed by atoms with E-state index in [2.05, 4.69) is 4.74 Å². The molecule has 0 heterocycles. The lowest BCUT2D eigenvalue weighted by atomic mass is 10.1. The van der Waals surface area contributed by atoms with Crippen molar-refractivity contribution in [3.8, 4) is 0 Å². The van der Waals surface area contributed by atoms with E-state index in [9.17, 15) is 30.8 Å². The van der Waals surface area contributed by atoms with Gasteiger partial charge in [-0.3, -0.25) is 4.79 Å². The first kappa shape index (κ1) is 17.2. The number of sulfonamides is 1. The first-order valence-corrected chi connectivity index (χ1v) is 7.38. The average Bonchev–Trinajstić information content (AvgIpc) is 2.85. The number of esters is 1. The maximum absolute atomic E-state index is 12.7. The van der Waals surface area contributed by atoms with Crippen molar-refractivity contribution < 1.29 is 35.5 Å². The third-order valence-corrected chi connectivity index (χ3v) is 5.09. The maximum atomic E-state index is 12.7. The van der Waals surface area contributed by atoms with Crippen molar-refractivity contribution in [3.63, 3.8) is 0 Å². The molecule has 1 aliphatic rings. The molecular formula is C10H15F4NO4S. The average molecular weight is 321 g/mol. The molecule has 2 unspecified atom stereocenters. The van der Waals surface area contributed by atoms with E-state index < -0.39 is 46.1 Å². The number of hydrogen-bond donors (Lipinski definition) is 1. The molecule has 0 radical (unpaired) electrons. The van der Waals surface area contributed by atoms with Crippen LogP contribution in [0.2, 0.25) is 0 Å². The summed E-state index contributed by atoms with van der Waals surface area (Å²) in [4.78, 5) is 11.4. The molecule has 10 heteroatoms. The van der Waals surface area contributed by atoms with Crippen molar-refractivity contribution in [3.05, 3.63) is 0 Å². The zero-order chi connectivity index (χ0) is 15.6. The van der Waals surface area contributed by atoms with Crippen LogP contribution < -0.4 is 4.72 Å². The van der Waals surface area contributed by atoms with Crippen molar-refractivity contribution in [2.45, 2.75) is 36.9 Å². The van der Waals surface area contributed by atoms with Crippen LogP contribution in [0.5, 0.6) is 0 Å². The third kappa shape index (κ3) is 3.81. The van der Waals surface area contributed by atoms with Gasteiger partial charge in [-0.1, -0.05) is 6.42 Å². The van der Waals surface area contributed by atoms with Gasteiger partial charge in [0.2, 0.25) is 10.0 Å². The van der Waals surface area contributed by atoms with Crippen LogP contribution in [0, 0.1) is 5.92 Å². The van der Waals surface area contributed by atoms with Crippen LogP contribution in [-0.4, -0.2) is 45.6 Å². The lowest BCUT2D eigenvalue weighted by Gasteiger charge is -2.21. The van der Waals surface area contributed by atoms with Crippen LogP contribution in [0.15, 0.2) is 0 Å². The molecule has 1 aliphatic carbocycles. The van der Waals surface area contributed by atoms with Crippen LogP contribution in [0.25, 0.3) is 0 Å². The van der Waals surface area contributed by atoms with Crippen LogP contribution >= 0.6 is 0 Å². The molecule has 1 fully saturated rings. The summed E-state index contributed by atoms with van der Waals surface area (Å²) in [5.41, 5.74) is 0. The van der Waals surface area contributed by atoms with Crippen LogP contribution in [0.4, 0.5) is 17.6 Å². The number of alkyl halides is 4. The molecule has 0 aliphatic heterocycles. The zero-order valence-corrected chi connectivity index (χ0v) is 11.4. The van der Waals surface area contributed by atoms with Gasteiger partial charge in [0.1, 0.15) is 0 Å². The Hall–Kier alpha value is -0.900. The third-order valence-electron chi connectivity index (χ3n) is 3.18. The van der Waals surface area contributed by atoms with Crippen molar-refractivity contribution in [2.75, 3.05) is 13.7 Å². The van der Waals surface area contributed by atoms with Crippen molar-refractivity contribution in [2.24, 2.45) is 5.92 Å². The molecular weight excluding hydrogens is 306 g/mol. The Balaban J connectivity index is 2.76. The van der Waals surface area contributed by atoms with Gasteiger partial charge in [0.15, 0.2) is 0 Å². The second-order valence-corrected chi connectivity index (χ2v) is 6.51. The van der Waals surface area contributed by atoms with Gasteiger partial charge < -0.3 is 4.74 Å². The van der Waals surface area contributed by atoms with Gasteiger partial charge in [-0.25, -0.2) is 21.9 Å². The summed E-state index contributed by atoms with van der Waals surface area (Å²) < 4.78 is 78.9. The number of ether oxygens (including phenoxy) is 1. The summed E-state index contributed by atoms with van der Waals surface area (Å²) in [6, 6.07) is 0. The molecule has 1 rings (SSSR count). The fourth-order valence-corrected chi connectivity index (χ4v) is 3.86. The number of hydrogen-bond acceptors (Lipinski definition) is 4. The Morgan fingerprint density at radius 1 is 1.40 bits per heavy atom. The molecule has 5 nitrogen and oxygen atoms in total. The Kier molecular flexibility index (Phi) is 5.36. The SMILES string of the molecule is COC(=O)C1CCCC1S(=O)(=O)NCC(F)(F)C(F)F. The second kappa shape index (κ2) is 6.25. The Bertz CT molecular complexity index is 454. The van der Waals surface area contributed by atoms with Crippen molar-refractivity contribution >= 4 is 16.0 Å². The van der Waals surface area contributed by atoms with E-state index >= 15 is 0 Å². The van der Waals surface area contributed by atoms with Gasteiger partial charge in [-0.2, -0.15) is 8.78 Å². The van der Waals surface area contributed by atoms with Crippen molar-refractivity contribution in [1.29, 1.82) is 0 Å². The standard InChI is InChI=1S/C10H15F4NO4S/c1-19-8(16)6-3-2-4-7(6)20(17,18)15-5-10(13,14)9(11)12/h6-7,9,15H,2-5H2,1H3. The largest absolute Gasteiger partial charge is 0.469 e. The highest BCUT2D eigenvalue weighted by molar-refractivity contribution is 7.90. The van der Waals surface area contributed by atoms with Crippen LogP contribution in [0.3, 0.4) is 0 Å². The lowest BCUT2D eigenvalue weighted by Crippen LogP contribution is -2.46. The highest BCUT2D eigenvalue weighted by atomic mass is 32.2. The summed E-state index contributed by atoms with van der Waals surface area (Å²) in [6.45, 7) is -1.70. The van der Waals surface area contributed by atoms with Gasteiger partial charge in [0, 0.05) is 0 Å². The molecule has 0 aromatic rings. The number of nitrogens with one attached hydrogen (secondary N) is 1. The number of rotatable bonds is 6. The fourth-order valence-electron chi connectivity index (χ4n) is 2.10. The number of carbonyl (C=O) groups is 1. The highest BCUT2D eigenvalue weighted by Gasteiger charge is 2.46. The summed E-state index contributed by atoms with van der Waals surface area (Å²) in [6.07, 6.45) is -3.21. The highest BCUT2D eigenvalue weighted by Crippen LogP contribution is 2.32. The topological polar surface area (TPSA) is 72.5 Å². The van der Waals surface area contributed by atoms with Gasteiger partial charge >= 0.3 is 18.3 Å². The molecule has 0 aromatic carbocycles. The summed E-state index contributed by atoms with van der Waals surface area (Å²) in [5.74, 6) is -6.16. The minimum atomic E-state index is -4.45. The monoisotopic (exact) mass is 321 g/mol. The zero-order valence-electron chi connectivity index (χ0n) is 10.6. The van der Waals surface area contributed by atoms with Gasteiger partial charge in [-0.15, -0.1) is 0 Å². The molecule has 1 saturated carbocycles. The first-order valence-electron chi connectivity index (χ1n) is 5.84. The van der Waals surface area contributed by atoms with Gasteiger partial charge in [-0.05, 0) is 12.8 Å². The minimum Gasteiger partial charge on any atom is -0.469 e. The quantitative estimate of drug-likeness (QED) is 0.588. The summed E-state index contributed by atoms with van der Waals surface area (Å²) in [5, 5.41) is -1.23. The predicted molar refractivity (Wildman–Crippen MR) is 61.0 cm³/mol. The number of carbonyl (C=O) groups excluding carboxylic acids is 1. The molecule has 0 bridgehead atoms. The van der Waals surface area contributed by atoms with E-state index in [0.29, 0.717) is 6.42 Å². The molecule has 20 heavy (non-hydrogen) atoms. The molecule has 0 amide bonds. The van der Waals surface area contributed by atoms with E-state index in [0.717, 1.165) is 7.11 Å². The summed E-state index contributed by atoms with van der Waals surface area (Å²) in [7, 11) is -3.21. The van der Waals surface area contributed by atoms with Gasteiger partial charge in [0.25, 0.3) is 0 Å². The molecule has 118 valence electrons. The Morgan fingerprint density at radius 3 is 2.50 bits per heavy atom. The summed E-state index contributed by atoms with van der Waals surface area (Å²) >= 11 is 0. The predicted octanol–water partition coefficient (Wildman–Crippen LogP) is 1.15. The first-order chi connectivity index (χ1) is 9.12. The molecule has 0 spiro atoms. The van der Waals surface area contributed by atoms with E-state index in [1.807, 2.05) is 0 Å². The fraction of sp³-hybridized carbons (Fsp3) is 0.900. The van der Waals surface area contributed by atoms with E-state index in [4.69, 9.17) is 0 Å². The molecule has 0 saturated heterocycles. The smallest absolute Gasteiger partial charge is 0.320 e. The van der Waals surface area contributed by atoms with Crippen LogP contribution in [0.1, 0.15) is 19.3 Å². The van der Waals surface area contributed by atoms with Crippen molar-refractivity contribution in [1.82, 2.24) is 4.72 Å². The number of methoxy groups -OCH3 is 1. The normalized spacial score (nSPS) is 24.1. The van der Waals surface area contributed by atoms with E-state index in [1.54, 1.807) is 0 Å². The maximum Gasteiger partial charge on any atom is 0.320 e. The van der Waals surface area contributed by atoms with E-state index in [1.165, 1.54) is 4.72 Å². The molecule has 2 atom stereocenters. The second-order valence-electron chi connectivity index (χ2n) is 4.53. The number of halogens is 4. The molecule has 1 N–H and O–H groups in total. The Labute approximate surface area is 113 Å². The Morgan fingerprint density at radius 2 is 2.00 bits per heavy atom. The lowest BCUT2D eigenvalue weighted by molar-refractivity contribution is -0.145. The van der Waals surface area contributed by atoms with E-state index in [-0.39, 0.29) is 12.8 Å².